The normalized spacial score (nSPS) is 11.4. The molecule has 1 amide bonds. The summed E-state index contributed by atoms with van der Waals surface area (Å²) in [6.45, 7) is 5.72. The summed E-state index contributed by atoms with van der Waals surface area (Å²) in [7, 11) is 1.72. The Morgan fingerprint density at radius 1 is 1.18 bits per heavy atom. The molecule has 1 rings (SSSR count). The van der Waals surface area contributed by atoms with Gasteiger partial charge in [0.15, 0.2) is 5.96 Å². The first kappa shape index (κ1) is 18.3. The molecule has 22 heavy (non-hydrogen) atoms. The molecule has 0 aromatic heterocycles. The van der Waals surface area contributed by atoms with Gasteiger partial charge in [0, 0.05) is 37.6 Å². The van der Waals surface area contributed by atoms with Crippen LogP contribution in [0.5, 0.6) is 0 Å². The number of aliphatic imine (C=N–C) groups is 1. The molecule has 0 saturated heterocycles. The van der Waals surface area contributed by atoms with Crippen LogP contribution >= 0.6 is 11.6 Å². The van der Waals surface area contributed by atoms with Gasteiger partial charge in [-0.15, -0.1) is 0 Å². The van der Waals surface area contributed by atoms with Crippen molar-refractivity contribution in [2.24, 2.45) is 10.9 Å². The van der Waals surface area contributed by atoms with E-state index in [0.29, 0.717) is 13.1 Å². The predicted molar refractivity (Wildman–Crippen MR) is 92.4 cm³/mol. The molecule has 1 aromatic carbocycles. The molecule has 0 heterocycles. The molecule has 0 aliphatic rings. The highest BCUT2D eigenvalue weighted by atomic mass is 35.5. The summed E-state index contributed by atoms with van der Waals surface area (Å²) < 4.78 is 0. The van der Waals surface area contributed by atoms with Crippen molar-refractivity contribution in [2.75, 3.05) is 26.7 Å². The zero-order chi connectivity index (χ0) is 16.4. The van der Waals surface area contributed by atoms with Gasteiger partial charge >= 0.3 is 0 Å². The summed E-state index contributed by atoms with van der Waals surface area (Å²) >= 11 is 5.95. The van der Waals surface area contributed by atoms with Gasteiger partial charge in [0.2, 0.25) is 5.91 Å². The molecule has 122 valence electrons. The minimum atomic E-state index is 0.00938. The fraction of sp³-hybridized carbons (Fsp3) is 0.500. The first-order chi connectivity index (χ1) is 10.5. The number of hydrogen-bond acceptors (Lipinski definition) is 2. The van der Waals surface area contributed by atoms with E-state index in [1.165, 1.54) is 5.56 Å². The molecule has 0 unspecified atom stereocenters. The lowest BCUT2D eigenvalue weighted by Gasteiger charge is -2.13. The van der Waals surface area contributed by atoms with E-state index in [1.807, 2.05) is 38.1 Å². The lowest BCUT2D eigenvalue weighted by molar-refractivity contribution is -0.123. The fourth-order valence-corrected chi connectivity index (χ4v) is 2.02. The highest BCUT2D eigenvalue weighted by Crippen LogP contribution is 2.10. The van der Waals surface area contributed by atoms with Crippen LogP contribution in [0, 0.1) is 5.92 Å². The van der Waals surface area contributed by atoms with Crippen molar-refractivity contribution in [1.29, 1.82) is 0 Å². The Kier molecular flexibility index (Phi) is 8.36. The molecule has 0 radical (unpaired) electrons. The zero-order valence-corrected chi connectivity index (χ0v) is 14.2. The zero-order valence-electron chi connectivity index (χ0n) is 13.4. The Bertz CT molecular complexity index is 503. The van der Waals surface area contributed by atoms with Gasteiger partial charge in [0.25, 0.3) is 0 Å². The number of carbonyl (C=O) groups is 1. The Morgan fingerprint density at radius 3 is 2.50 bits per heavy atom. The molecule has 0 aliphatic carbocycles. The third-order valence-corrected chi connectivity index (χ3v) is 3.29. The molecule has 0 bridgehead atoms. The van der Waals surface area contributed by atoms with Gasteiger partial charge in [0.05, 0.1) is 0 Å². The van der Waals surface area contributed by atoms with E-state index in [1.54, 1.807) is 7.05 Å². The summed E-state index contributed by atoms with van der Waals surface area (Å²) in [5.74, 6) is 0.793. The average Bonchev–Trinajstić information content (AvgIpc) is 2.49. The number of hydrogen-bond donors (Lipinski definition) is 3. The van der Waals surface area contributed by atoms with Crippen LogP contribution < -0.4 is 16.0 Å². The molecule has 0 saturated carbocycles. The summed E-state index contributed by atoms with van der Waals surface area (Å²) in [6.07, 6.45) is 0.866. The van der Waals surface area contributed by atoms with Crippen molar-refractivity contribution in [1.82, 2.24) is 16.0 Å². The van der Waals surface area contributed by atoms with Gasteiger partial charge in [-0.05, 0) is 24.1 Å². The second-order valence-corrected chi connectivity index (χ2v) is 5.69. The quantitative estimate of drug-likeness (QED) is 0.407. The highest BCUT2D eigenvalue weighted by Gasteiger charge is 2.05. The summed E-state index contributed by atoms with van der Waals surface area (Å²) in [4.78, 5) is 15.6. The Hall–Kier alpha value is -1.75. The van der Waals surface area contributed by atoms with Crippen molar-refractivity contribution in [3.05, 3.63) is 34.9 Å². The molecule has 1 aromatic rings. The lowest BCUT2D eigenvalue weighted by Crippen LogP contribution is -2.42. The first-order valence-electron chi connectivity index (χ1n) is 7.49. The number of rotatable bonds is 7. The molecule has 3 N–H and O–H groups in total. The standard InChI is InChI=1S/C16H25ClN4O/c1-12(2)15(22)19-9-10-21-16(18-3)20-8-7-13-5-4-6-14(17)11-13/h4-6,11-12H,7-10H2,1-3H3,(H,19,22)(H2,18,20,21). The largest absolute Gasteiger partial charge is 0.356 e. The maximum Gasteiger partial charge on any atom is 0.222 e. The van der Waals surface area contributed by atoms with E-state index in [2.05, 4.69) is 20.9 Å². The third kappa shape index (κ3) is 7.31. The topological polar surface area (TPSA) is 65.5 Å². The number of amides is 1. The smallest absolute Gasteiger partial charge is 0.222 e. The van der Waals surface area contributed by atoms with Crippen molar-refractivity contribution in [2.45, 2.75) is 20.3 Å². The van der Waals surface area contributed by atoms with Crippen molar-refractivity contribution >= 4 is 23.5 Å². The van der Waals surface area contributed by atoms with E-state index < -0.39 is 0 Å². The molecule has 0 fully saturated rings. The maximum atomic E-state index is 11.4. The van der Waals surface area contributed by atoms with Crippen LogP contribution in [0.2, 0.25) is 5.02 Å². The minimum Gasteiger partial charge on any atom is -0.356 e. The van der Waals surface area contributed by atoms with Gasteiger partial charge in [-0.2, -0.15) is 0 Å². The number of guanidine groups is 1. The van der Waals surface area contributed by atoms with Crippen LogP contribution in [-0.4, -0.2) is 38.5 Å². The first-order valence-corrected chi connectivity index (χ1v) is 7.87. The monoisotopic (exact) mass is 324 g/mol. The summed E-state index contributed by atoms with van der Waals surface area (Å²) in [6, 6.07) is 7.82. The van der Waals surface area contributed by atoms with E-state index in [-0.39, 0.29) is 11.8 Å². The molecule has 0 spiro atoms. The van der Waals surface area contributed by atoms with Crippen LogP contribution in [0.25, 0.3) is 0 Å². The van der Waals surface area contributed by atoms with Gasteiger partial charge < -0.3 is 16.0 Å². The average molecular weight is 325 g/mol. The van der Waals surface area contributed by atoms with Gasteiger partial charge in [-0.25, -0.2) is 0 Å². The van der Waals surface area contributed by atoms with Crippen molar-refractivity contribution in [3.63, 3.8) is 0 Å². The molecular formula is C16H25ClN4O. The maximum absolute atomic E-state index is 11.4. The van der Waals surface area contributed by atoms with Crippen LogP contribution in [-0.2, 0) is 11.2 Å². The second-order valence-electron chi connectivity index (χ2n) is 5.25. The lowest BCUT2D eigenvalue weighted by atomic mass is 10.1. The van der Waals surface area contributed by atoms with Gasteiger partial charge in [-0.3, -0.25) is 9.79 Å². The summed E-state index contributed by atoms with van der Waals surface area (Å²) in [5, 5.41) is 9.99. The fourth-order valence-electron chi connectivity index (χ4n) is 1.81. The van der Waals surface area contributed by atoms with E-state index >= 15 is 0 Å². The third-order valence-electron chi connectivity index (χ3n) is 3.06. The van der Waals surface area contributed by atoms with Crippen molar-refractivity contribution < 1.29 is 4.79 Å². The number of carbonyl (C=O) groups excluding carboxylic acids is 1. The van der Waals surface area contributed by atoms with Gasteiger partial charge in [-0.1, -0.05) is 37.6 Å². The van der Waals surface area contributed by atoms with Crippen LogP contribution in [0.15, 0.2) is 29.3 Å². The molecule has 0 atom stereocenters. The number of nitrogens with zero attached hydrogens (tertiary/aromatic N) is 1. The van der Waals surface area contributed by atoms with Gasteiger partial charge in [0.1, 0.15) is 0 Å². The number of halogens is 1. The molecule has 6 heteroatoms. The molecular weight excluding hydrogens is 300 g/mol. The SMILES string of the molecule is CN=C(NCCNC(=O)C(C)C)NCCc1cccc(Cl)c1. The minimum absolute atomic E-state index is 0.00938. The number of benzene rings is 1. The Labute approximate surface area is 137 Å². The number of nitrogens with one attached hydrogen (secondary N) is 3. The van der Waals surface area contributed by atoms with Crippen LogP contribution in [0.3, 0.4) is 0 Å². The summed E-state index contributed by atoms with van der Waals surface area (Å²) in [5.41, 5.74) is 1.18. The van der Waals surface area contributed by atoms with Crippen LogP contribution in [0.1, 0.15) is 19.4 Å². The second kappa shape index (κ2) is 10.1. The predicted octanol–water partition coefficient (Wildman–Crippen LogP) is 1.82. The Morgan fingerprint density at radius 2 is 1.86 bits per heavy atom. The Balaban J connectivity index is 2.21. The highest BCUT2D eigenvalue weighted by molar-refractivity contribution is 6.30. The van der Waals surface area contributed by atoms with Crippen molar-refractivity contribution in [3.8, 4) is 0 Å². The van der Waals surface area contributed by atoms with E-state index in [4.69, 9.17) is 11.6 Å². The van der Waals surface area contributed by atoms with Crippen LogP contribution in [0.4, 0.5) is 0 Å². The van der Waals surface area contributed by atoms with E-state index in [0.717, 1.165) is 23.9 Å². The molecule has 5 nitrogen and oxygen atoms in total. The molecule has 0 aliphatic heterocycles. The van der Waals surface area contributed by atoms with E-state index in [9.17, 15) is 4.79 Å².